The minimum Gasteiger partial charge on any atom is -0.340 e. The van der Waals surface area contributed by atoms with Crippen molar-refractivity contribution < 1.29 is 4.79 Å². The molecule has 0 bridgehead atoms. The Bertz CT molecular complexity index is 1030. The molecule has 0 unspecified atom stereocenters. The Morgan fingerprint density at radius 2 is 1.90 bits per heavy atom. The first-order valence-electron chi connectivity index (χ1n) is 9.65. The van der Waals surface area contributed by atoms with Crippen molar-refractivity contribution in [2.75, 3.05) is 16.8 Å². The Morgan fingerprint density at radius 3 is 2.55 bits per heavy atom. The van der Waals surface area contributed by atoms with Crippen LogP contribution in [0.5, 0.6) is 0 Å². The fraction of sp³-hybridized carbons (Fsp3) is 0.400. The van der Waals surface area contributed by atoms with Gasteiger partial charge in [0.2, 0.25) is 11.9 Å². The number of carbonyl (C=O) groups is 1. The summed E-state index contributed by atoms with van der Waals surface area (Å²) in [5.41, 5.74) is 1.33. The number of hydrogen-bond acceptors (Lipinski definition) is 7. The van der Waals surface area contributed by atoms with Gasteiger partial charge < -0.3 is 9.80 Å². The second-order valence-electron chi connectivity index (χ2n) is 7.70. The van der Waals surface area contributed by atoms with Gasteiger partial charge in [0, 0.05) is 31.7 Å². The van der Waals surface area contributed by atoms with Gasteiger partial charge in [0.1, 0.15) is 17.4 Å². The Hall–Kier alpha value is -3.36. The Labute approximate surface area is 169 Å². The topological polar surface area (TPSA) is 92.9 Å². The van der Waals surface area contributed by atoms with E-state index in [-0.39, 0.29) is 23.9 Å². The molecule has 4 rings (SSSR count). The zero-order valence-electron chi connectivity index (χ0n) is 17.2. The van der Waals surface area contributed by atoms with E-state index in [9.17, 15) is 4.79 Å². The lowest BCUT2D eigenvalue weighted by Crippen LogP contribution is -2.57. The number of fused-ring (bicyclic) bond motifs is 1. The lowest BCUT2D eigenvalue weighted by atomic mass is 9.97. The summed E-state index contributed by atoms with van der Waals surface area (Å²) in [7, 11) is 1.78. The number of likely N-dealkylation sites (N-methyl/N-ethyl adjacent to an activating group) is 1. The van der Waals surface area contributed by atoms with Crippen molar-refractivity contribution in [1.29, 1.82) is 0 Å². The fourth-order valence-corrected chi connectivity index (χ4v) is 3.72. The Kier molecular flexibility index (Phi) is 4.73. The second-order valence-corrected chi connectivity index (χ2v) is 7.70. The van der Waals surface area contributed by atoms with Crippen molar-refractivity contribution in [2.45, 2.75) is 39.8 Å². The summed E-state index contributed by atoms with van der Waals surface area (Å²) in [6.07, 6.45) is 6.79. The average Bonchev–Trinajstić information content (AvgIpc) is 3.20. The minimum absolute atomic E-state index is 0.0560. The van der Waals surface area contributed by atoms with Gasteiger partial charge >= 0.3 is 0 Å². The van der Waals surface area contributed by atoms with Crippen LogP contribution >= 0.6 is 0 Å². The van der Waals surface area contributed by atoms with Crippen LogP contribution < -0.4 is 9.80 Å². The van der Waals surface area contributed by atoms with Crippen molar-refractivity contribution in [2.24, 2.45) is 5.92 Å². The van der Waals surface area contributed by atoms with Crippen molar-refractivity contribution in [1.82, 2.24) is 29.7 Å². The Balaban J connectivity index is 1.86. The van der Waals surface area contributed by atoms with Gasteiger partial charge in [-0.15, -0.1) is 5.10 Å². The van der Waals surface area contributed by atoms with E-state index in [4.69, 9.17) is 4.98 Å². The maximum atomic E-state index is 13.0. The molecule has 150 valence electrons. The van der Waals surface area contributed by atoms with E-state index in [1.54, 1.807) is 41.3 Å². The zero-order chi connectivity index (χ0) is 20.7. The quantitative estimate of drug-likeness (QED) is 0.673. The molecule has 0 fully saturated rings. The van der Waals surface area contributed by atoms with Crippen molar-refractivity contribution in [3.8, 4) is 17.5 Å². The van der Waals surface area contributed by atoms with Crippen LogP contribution in [-0.2, 0) is 4.79 Å². The van der Waals surface area contributed by atoms with Crippen molar-refractivity contribution >= 4 is 17.4 Å². The summed E-state index contributed by atoms with van der Waals surface area (Å²) in [6.45, 7) is 8.26. The molecule has 9 heteroatoms. The molecule has 1 aliphatic heterocycles. The summed E-state index contributed by atoms with van der Waals surface area (Å²) in [5, 5.41) is 8.08. The summed E-state index contributed by atoms with van der Waals surface area (Å²) >= 11 is 0. The number of rotatable bonds is 4. The van der Waals surface area contributed by atoms with E-state index in [2.05, 4.69) is 52.8 Å². The maximum absolute atomic E-state index is 13.0. The molecule has 0 N–H and O–H groups in total. The fourth-order valence-electron chi connectivity index (χ4n) is 3.72. The molecule has 0 spiro atoms. The van der Waals surface area contributed by atoms with Gasteiger partial charge in [-0.2, -0.15) is 10.1 Å². The summed E-state index contributed by atoms with van der Waals surface area (Å²) in [4.78, 5) is 30.5. The smallest absolute Gasteiger partial charge is 0.249 e. The number of anilines is 2. The van der Waals surface area contributed by atoms with E-state index in [1.165, 1.54) is 0 Å². The van der Waals surface area contributed by atoms with Crippen LogP contribution in [0.25, 0.3) is 17.5 Å². The van der Waals surface area contributed by atoms with Crippen LogP contribution in [-0.4, -0.2) is 54.8 Å². The molecular weight excluding hydrogens is 368 g/mol. The van der Waals surface area contributed by atoms with Gasteiger partial charge in [-0.05, 0) is 31.9 Å². The third kappa shape index (κ3) is 3.12. The highest BCUT2D eigenvalue weighted by atomic mass is 16.2. The van der Waals surface area contributed by atoms with Gasteiger partial charge in [-0.25, -0.2) is 9.97 Å². The Morgan fingerprint density at radius 1 is 1.10 bits per heavy atom. The highest BCUT2D eigenvalue weighted by molar-refractivity contribution is 6.04. The lowest BCUT2D eigenvalue weighted by Gasteiger charge is -2.44. The largest absolute Gasteiger partial charge is 0.340 e. The van der Waals surface area contributed by atoms with Crippen LogP contribution in [0.15, 0.2) is 36.9 Å². The van der Waals surface area contributed by atoms with E-state index in [0.29, 0.717) is 23.2 Å². The molecule has 1 aliphatic rings. The molecule has 0 radical (unpaired) electrons. The van der Waals surface area contributed by atoms with Gasteiger partial charge in [-0.3, -0.25) is 9.36 Å². The van der Waals surface area contributed by atoms with Crippen LogP contribution in [0.1, 0.15) is 27.7 Å². The monoisotopic (exact) mass is 392 g/mol. The van der Waals surface area contributed by atoms with Crippen LogP contribution in [0, 0.1) is 5.92 Å². The average molecular weight is 392 g/mol. The van der Waals surface area contributed by atoms with E-state index in [1.807, 2.05) is 12.1 Å². The molecular formula is C20H24N8O. The third-order valence-corrected chi connectivity index (χ3v) is 5.07. The maximum Gasteiger partial charge on any atom is 0.249 e. The van der Waals surface area contributed by atoms with Crippen LogP contribution in [0.3, 0.4) is 0 Å². The summed E-state index contributed by atoms with van der Waals surface area (Å²) in [6, 6.07) is 3.47. The van der Waals surface area contributed by atoms with Gasteiger partial charge in [0.15, 0.2) is 11.6 Å². The summed E-state index contributed by atoms with van der Waals surface area (Å²) < 4.78 is 1.78. The first-order chi connectivity index (χ1) is 13.9. The first kappa shape index (κ1) is 19.0. The first-order valence-corrected chi connectivity index (χ1v) is 9.65. The second kappa shape index (κ2) is 7.23. The molecule has 1 atom stereocenters. The predicted molar refractivity (Wildman–Crippen MR) is 110 cm³/mol. The lowest BCUT2D eigenvalue weighted by molar-refractivity contribution is -0.121. The molecule has 29 heavy (non-hydrogen) atoms. The highest BCUT2D eigenvalue weighted by Crippen LogP contribution is 2.37. The summed E-state index contributed by atoms with van der Waals surface area (Å²) in [5.74, 6) is 2.01. The van der Waals surface area contributed by atoms with E-state index >= 15 is 0 Å². The van der Waals surface area contributed by atoms with Crippen molar-refractivity contribution in [3.05, 3.63) is 36.9 Å². The van der Waals surface area contributed by atoms with Gasteiger partial charge in [0.25, 0.3) is 0 Å². The van der Waals surface area contributed by atoms with Gasteiger partial charge in [0.05, 0.1) is 6.20 Å². The molecule has 4 heterocycles. The number of carbonyl (C=O) groups excluding carboxylic acids is 1. The molecule has 1 amide bonds. The highest BCUT2D eigenvalue weighted by Gasteiger charge is 2.41. The van der Waals surface area contributed by atoms with Gasteiger partial charge in [-0.1, -0.05) is 13.8 Å². The number of nitrogens with zero attached hydrogens (tertiary/aromatic N) is 8. The SMILES string of the molecule is CC(C)[C@@H]1C(=O)N(C)c2cnc(-n3ccnc3-c3cccnn3)nc2N1C(C)C. The van der Waals surface area contributed by atoms with Crippen LogP contribution in [0.4, 0.5) is 11.5 Å². The third-order valence-electron chi connectivity index (χ3n) is 5.07. The zero-order valence-corrected chi connectivity index (χ0v) is 17.2. The molecule has 0 aliphatic carbocycles. The predicted octanol–water partition coefficient (Wildman–Crippen LogP) is 2.34. The number of hydrogen-bond donors (Lipinski definition) is 0. The van der Waals surface area contributed by atoms with Crippen LogP contribution in [0.2, 0.25) is 0 Å². The number of amides is 1. The minimum atomic E-state index is -0.280. The molecule has 9 nitrogen and oxygen atoms in total. The molecule has 0 saturated carbocycles. The van der Waals surface area contributed by atoms with E-state index < -0.39 is 0 Å². The van der Waals surface area contributed by atoms with E-state index in [0.717, 1.165) is 5.82 Å². The number of imidazole rings is 1. The molecule has 3 aromatic heterocycles. The number of aromatic nitrogens is 6. The normalized spacial score (nSPS) is 16.7. The molecule has 0 aromatic carbocycles. The van der Waals surface area contributed by atoms with Crippen molar-refractivity contribution in [3.63, 3.8) is 0 Å². The molecule has 0 saturated heterocycles. The molecule has 3 aromatic rings. The standard InChI is InChI=1S/C20H24N8O/c1-12(2)16-19(29)26(5)15-11-22-20(24-18(15)28(16)13(3)4)27-10-9-21-17(27)14-7-6-8-23-25-14/h6-13,16H,1-5H3/t16-/m1/s1.